The van der Waals surface area contributed by atoms with Crippen molar-refractivity contribution in [1.82, 2.24) is 10.2 Å². The van der Waals surface area contributed by atoms with Crippen molar-refractivity contribution < 1.29 is 39.0 Å². The molecule has 5 N–H and O–H groups in total. The number of fused-ring (bicyclic) bond motifs is 3. The van der Waals surface area contributed by atoms with E-state index in [1.54, 1.807) is 44.2 Å². The minimum atomic E-state index is -2.74. The van der Waals surface area contributed by atoms with Gasteiger partial charge in [-0.3, -0.25) is 28.8 Å². The van der Waals surface area contributed by atoms with Crippen LogP contribution in [-0.2, 0) is 25.6 Å². The van der Waals surface area contributed by atoms with E-state index in [2.05, 4.69) is 5.32 Å². The first-order valence-corrected chi connectivity index (χ1v) is 14.8. The number of phenols is 1. The predicted molar refractivity (Wildman–Crippen MR) is 159 cm³/mol. The van der Waals surface area contributed by atoms with Crippen molar-refractivity contribution >= 4 is 34.9 Å². The van der Waals surface area contributed by atoms with E-state index in [1.807, 2.05) is 19.0 Å². The molecule has 2 unspecified atom stereocenters. The zero-order valence-electron chi connectivity index (χ0n) is 25.1. The number of hydrogen-bond donors (Lipinski definition) is 4. The van der Waals surface area contributed by atoms with Crippen LogP contribution in [0.4, 0.5) is 0 Å². The van der Waals surface area contributed by atoms with Gasteiger partial charge in [0.15, 0.2) is 34.7 Å². The summed E-state index contributed by atoms with van der Waals surface area (Å²) in [4.78, 5) is 81.7. The molecular formula is C33H37N3O8. The molecule has 5 rings (SSSR count). The first-order chi connectivity index (χ1) is 20.7. The molecule has 0 saturated heterocycles. The molecule has 44 heavy (non-hydrogen) atoms. The molecule has 2 aromatic carbocycles. The Morgan fingerprint density at radius 2 is 1.80 bits per heavy atom. The third-order valence-corrected chi connectivity index (χ3v) is 9.48. The molecule has 0 radical (unpaired) electrons. The highest BCUT2D eigenvalue weighted by molar-refractivity contribution is 6.32. The van der Waals surface area contributed by atoms with Gasteiger partial charge in [0.05, 0.1) is 11.5 Å². The van der Waals surface area contributed by atoms with E-state index in [-0.39, 0.29) is 30.1 Å². The summed E-state index contributed by atoms with van der Waals surface area (Å²) >= 11 is 0. The number of likely N-dealkylation sites (N-methyl/N-ethyl adjacent to an activating group) is 1. The number of Topliss-reactive ketones (excluding diaryl/α,β-unsaturated/α-hetero) is 4. The van der Waals surface area contributed by atoms with Crippen molar-refractivity contribution in [2.45, 2.75) is 32.3 Å². The van der Waals surface area contributed by atoms with Crippen LogP contribution in [0, 0.1) is 35.5 Å². The molecule has 0 aliphatic heterocycles. The number of nitrogens with zero attached hydrogens (tertiary/aromatic N) is 1. The Hall–Kier alpha value is -4.22. The van der Waals surface area contributed by atoms with E-state index in [9.17, 15) is 39.0 Å². The van der Waals surface area contributed by atoms with Gasteiger partial charge >= 0.3 is 0 Å². The van der Waals surface area contributed by atoms with Crippen molar-refractivity contribution in [3.8, 4) is 16.9 Å². The molecule has 11 nitrogen and oxygen atoms in total. The lowest BCUT2D eigenvalue weighted by Gasteiger charge is -2.52. The molecule has 232 valence electrons. The number of hydrogen-bond acceptors (Lipinski definition) is 9. The third kappa shape index (κ3) is 4.84. The second-order valence-electron chi connectivity index (χ2n) is 12.8. The lowest BCUT2D eigenvalue weighted by Crippen LogP contribution is -2.71. The van der Waals surface area contributed by atoms with Crippen molar-refractivity contribution in [3.63, 3.8) is 0 Å². The zero-order chi connectivity index (χ0) is 32.2. The van der Waals surface area contributed by atoms with Crippen LogP contribution in [-0.4, -0.2) is 82.8 Å². The standard InChI is InChI=1S/C33H37N3O8/c1-15(2)23-21-14-18-13-20-19(16-6-5-7-17(12-16)32(43)35-10-11-36(3)4)8-9-22(37)25(20)28(39)24(18)29(40)33(21,44)30(41)26(27(23)38)31(34)42/h5-9,12,15,18,21,23-24,26,37,44H,10-11,13-14H2,1-4H3,(H2,34,42)(H,35,43)/t18-,21-,23-,24?,26?,33-/m0/s1. The number of amides is 2. The summed E-state index contributed by atoms with van der Waals surface area (Å²) in [6, 6.07) is 9.84. The number of carbonyl (C=O) groups excluding carboxylic acids is 6. The van der Waals surface area contributed by atoms with E-state index in [0.717, 1.165) is 0 Å². The molecule has 2 aromatic rings. The number of aliphatic hydroxyl groups is 1. The number of rotatable bonds is 7. The van der Waals surface area contributed by atoms with Crippen molar-refractivity contribution in [2.24, 2.45) is 41.2 Å². The fourth-order valence-electron chi connectivity index (χ4n) is 7.45. The minimum absolute atomic E-state index is 0.00663. The summed E-state index contributed by atoms with van der Waals surface area (Å²) in [5.41, 5.74) is 4.65. The van der Waals surface area contributed by atoms with Gasteiger partial charge in [-0.1, -0.05) is 32.0 Å². The second kappa shape index (κ2) is 11.4. The fourth-order valence-corrected chi connectivity index (χ4v) is 7.45. The Morgan fingerprint density at radius 3 is 2.43 bits per heavy atom. The number of carbonyl (C=O) groups is 6. The number of phenolic OH excluding ortho intramolecular Hbond substituents is 1. The molecule has 2 fully saturated rings. The van der Waals surface area contributed by atoms with Gasteiger partial charge in [0, 0.05) is 30.5 Å². The number of nitrogens with two attached hydrogens (primary N) is 1. The summed E-state index contributed by atoms with van der Waals surface area (Å²) in [7, 11) is 3.80. The third-order valence-electron chi connectivity index (χ3n) is 9.48. The first kappa shape index (κ1) is 31.2. The zero-order valence-corrected chi connectivity index (χ0v) is 25.1. The van der Waals surface area contributed by atoms with Gasteiger partial charge in [0.25, 0.3) is 5.91 Å². The molecule has 11 heteroatoms. The molecule has 3 aliphatic carbocycles. The normalized spacial score (nSPS) is 28.0. The van der Waals surface area contributed by atoms with Crippen LogP contribution >= 0.6 is 0 Å². The van der Waals surface area contributed by atoms with Crippen LogP contribution in [0.15, 0.2) is 36.4 Å². The fraction of sp³-hybridized carbons (Fsp3) is 0.455. The SMILES string of the molecule is CC(C)[C@@H]1C(=O)C(C(N)=O)C(=O)[C@@]2(O)C(=O)C3C(=O)c4c(O)ccc(-c5cccc(C(=O)NCCN(C)C)c5)c4C[C@H]3C[C@@H]12. The average molecular weight is 604 g/mol. The minimum Gasteiger partial charge on any atom is -0.507 e. The van der Waals surface area contributed by atoms with E-state index < -0.39 is 70.1 Å². The van der Waals surface area contributed by atoms with Crippen LogP contribution in [0.5, 0.6) is 5.75 Å². The Morgan fingerprint density at radius 1 is 1.09 bits per heavy atom. The molecule has 2 amide bonds. The highest BCUT2D eigenvalue weighted by atomic mass is 16.3. The maximum atomic E-state index is 14.0. The monoisotopic (exact) mass is 603 g/mol. The largest absolute Gasteiger partial charge is 0.507 e. The van der Waals surface area contributed by atoms with E-state index in [0.29, 0.717) is 35.3 Å². The van der Waals surface area contributed by atoms with Gasteiger partial charge in [-0.25, -0.2) is 0 Å². The number of nitrogens with one attached hydrogen (secondary N) is 1. The Bertz CT molecular complexity index is 1600. The van der Waals surface area contributed by atoms with Gasteiger partial charge in [-0.15, -0.1) is 0 Å². The Balaban J connectivity index is 1.56. The molecule has 6 atom stereocenters. The van der Waals surface area contributed by atoms with Crippen LogP contribution in [0.3, 0.4) is 0 Å². The van der Waals surface area contributed by atoms with Gasteiger partial charge in [0.1, 0.15) is 5.75 Å². The molecule has 0 spiro atoms. The van der Waals surface area contributed by atoms with Crippen molar-refractivity contribution in [1.29, 1.82) is 0 Å². The van der Waals surface area contributed by atoms with Crippen LogP contribution < -0.4 is 11.1 Å². The van der Waals surface area contributed by atoms with Gasteiger partial charge in [-0.05, 0) is 73.7 Å². The Kier molecular flexibility index (Phi) is 8.06. The smallest absolute Gasteiger partial charge is 0.251 e. The lowest BCUT2D eigenvalue weighted by molar-refractivity contribution is -0.182. The quantitative estimate of drug-likeness (QED) is 0.337. The summed E-state index contributed by atoms with van der Waals surface area (Å²) in [6.07, 6.45) is 0.132. The number of aromatic hydroxyl groups is 1. The van der Waals surface area contributed by atoms with Gasteiger partial charge < -0.3 is 26.2 Å². The lowest BCUT2D eigenvalue weighted by atomic mass is 9.49. The summed E-state index contributed by atoms with van der Waals surface area (Å²) < 4.78 is 0. The summed E-state index contributed by atoms with van der Waals surface area (Å²) in [6.45, 7) is 4.52. The van der Waals surface area contributed by atoms with E-state index >= 15 is 0 Å². The van der Waals surface area contributed by atoms with E-state index in [4.69, 9.17) is 5.73 Å². The first-order valence-electron chi connectivity index (χ1n) is 14.8. The maximum Gasteiger partial charge on any atom is 0.251 e. The van der Waals surface area contributed by atoms with Crippen molar-refractivity contribution in [2.75, 3.05) is 27.2 Å². The Labute approximate surface area is 254 Å². The maximum absolute atomic E-state index is 14.0. The number of benzene rings is 2. The summed E-state index contributed by atoms with van der Waals surface area (Å²) in [5, 5.41) is 25.5. The molecular weight excluding hydrogens is 566 g/mol. The van der Waals surface area contributed by atoms with Crippen LogP contribution in [0.2, 0.25) is 0 Å². The van der Waals surface area contributed by atoms with Gasteiger partial charge in [-0.2, -0.15) is 0 Å². The topological polar surface area (TPSA) is 184 Å². The highest BCUT2D eigenvalue weighted by Crippen LogP contribution is 2.53. The van der Waals surface area contributed by atoms with Crippen LogP contribution in [0.1, 0.15) is 46.5 Å². The average Bonchev–Trinajstić information content (AvgIpc) is 2.94. The van der Waals surface area contributed by atoms with E-state index in [1.165, 1.54) is 6.07 Å². The molecule has 0 aromatic heterocycles. The molecule has 3 aliphatic rings. The van der Waals surface area contributed by atoms with Crippen LogP contribution in [0.25, 0.3) is 11.1 Å². The van der Waals surface area contributed by atoms with Gasteiger partial charge in [0.2, 0.25) is 5.91 Å². The second-order valence-corrected chi connectivity index (χ2v) is 12.8. The number of primary amides is 1. The predicted octanol–water partition coefficient (Wildman–Crippen LogP) is 1.17. The molecule has 0 heterocycles. The summed E-state index contributed by atoms with van der Waals surface area (Å²) in [5.74, 6) is -12.4. The molecule has 0 bridgehead atoms. The number of ketones is 4. The highest BCUT2D eigenvalue weighted by Gasteiger charge is 2.69. The van der Waals surface area contributed by atoms with Crippen molar-refractivity contribution in [3.05, 3.63) is 53.1 Å². The molecule has 2 saturated carbocycles.